The molecule has 0 saturated carbocycles. The molecule has 1 aromatic heterocycles. The molecule has 0 radical (unpaired) electrons. The summed E-state index contributed by atoms with van der Waals surface area (Å²) in [7, 11) is 4.47. The third kappa shape index (κ3) is 4.19. The molecule has 1 aliphatic heterocycles. The molecule has 2 N–H and O–H groups in total. The molecule has 0 unspecified atom stereocenters. The van der Waals surface area contributed by atoms with Crippen molar-refractivity contribution in [3.05, 3.63) is 41.5 Å². The zero-order valence-electron chi connectivity index (χ0n) is 17.9. The van der Waals surface area contributed by atoms with E-state index < -0.39 is 18.1 Å². The third-order valence-electron chi connectivity index (χ3n) is 5.28. The van der Waals surface area contributed by atoms with Crippen LogP contribution in [0.15, 0.2) is 24.5 Å². The number of aromatic nitrogens is 2. The van der Waals surface area contributed by atoms with Crippen molar-refractivity contribution in [3.8, 4) is 11.5 Å². The van der Waals surface area contributed by atoms with Crippen molar-refractivity contribution in [1.82, 2.24) is 20.2 Å². The lowest BCUT2D eigenvalue weighted by Gasteiger charge is -2.36. The molecule has 1 aliphatic rings. The number of amides is 2. The molecule has 2 aromatic rings. The van der Waals surface area contributed by atoms with Gasteiger partial charge >= 0.3 is 12.0 Å². The van der Waals surface area contributed by atoms with Gasteiger partial charge in [-0.15, -0.1) is 0 Å². The molecule has 2 heterocycles. The topological polar surface area (TPSA) is 106 Å². The van der Waals surface area contributed by atoms with Gasteiger partial charge < -0.3 is 29.4 Å². The van der Waals surface area contributed by atoms with Crippen molar-refractivity contribution >= 4 is 12.0 Å². The lowest BCUT2D eigenvalue weighted by molar-refractivity contribution is -0.144. The van der Waals surface area contributed by atoms with Gasteiger partial charge in [-0.3, -0.25) is 0 Å². The number of urea groups is 1. The van der Waals surface area contributed by atoms with Gasteiger partial charge in [0.15, 0.2) is 0 Å². The fourth-order valence-corrected chi connectivity index (χ4v) is 3.66. The van der Waals surface area contributed by atoms with E-state index in [4.69, 9.17) is 14.2 Å². The number of esters is 1. The minimum atomic E-state index is -0.747. The van der Waals surface area contributed by atoms with E-state index >= 15 is 0 Å². The Bertz CT molecular complexity index is 888. The Morgan fingerprint density at radius 1 is 1.17 bits per heavy atom. The van der Waals surface area contributed by atoms with Gasteiger partial charge in [0.2, 0.25) is 0 Å². The zero-order chi connectivity index (χ0) is 21.8. The fraction of sp³-hybridized carbons (Fsp3) is 0.476. The number of benzene rings is 1. The van der Waals surface area contributed by atoms with Crippen LogP contribution in [0.25, 0.3) is 0 Å². The van der Waals surface area contributed by atoms with E-state index in [1.807, 2.05) is 26.0 Å². The van der Waals surface area contributed by atoms with Crippen LogP contribution in [0.2, 0.25) is 0 Å². The molecule has 30 heavy (non-hydrogen) atoms. The summed E-state index contributed by atoms with van der Waals surface area (Å²) in [6.07, 6.45) is 2.26. The summed E-state index contributed by atoms with van der Waals surface area (Å²) in [6, 6.07) is 3.92. The van der Waals surface area contributed by atoms with Crippen LogP contribution in [0.1, 0.15) is 36.8 Å². The standard InChI is InChI=1S/C21H28N4O5/c1-12(2)17(20(26)30-5)24-21(27)25-7-6-16-18(23-11-22-16)19(25)13-8-14(28-3)10-15(9-13)29-4/h8-12,17,19H,6-7H2,1-5H3,(H,22,23)(H,24,27)/t17-,19-/m1/s1. The average Bonchev–Trinajstić information content (AvgIpc) is 3.24. The molecule has 1 aromatic carbocycles. The first kappa shape index (κ1) is 21.5. The minimum Gasteiger partial charge on any atom is -0.497 e. The highest BCUT2D eigenvalue weighted by atomic mass is 16.5. The Morgan fingerprint density at radius 2 is 1.83 bits per heavy atom. The number of carbonyl (C=O) groups excluding carboxylic acids is 2. The van der Waals surface area contributed by atoms with Gasteiger partial charge in [0, 0.05) is 24.7 Å². The van der Waals surface area contributed by atoms with Crippen LogP contribution < -0.4 is 14.8 Å². The monoisotopic (exact) mass is 416 g/mol. The van der Waals surface area contributed by atoms with Crippen molar-refractivity contribution in [2.45, 2.75) is 32.4 Å². The second kappa shape index (κ2) is 9.06. The number of methoxy groups -OCH3 is 3. The van der Waals surface area contributed by atoms with E-state index in [2.05, 4.69) is 15.3 Å². The van der Waals surface area contributed by atoms with Gasteiger partial charge in [0.1, 0.15) is 23.6 Å². The summed E-state index contributed by atoms with van der Waals surface area (Å²) in [5, 5.41) is 2.83. The first-order valence-electron chi connectivity index (χ1n) is 9.79. The molecule has 0 bridgehead atoms. The Morgan fingerprint density at radius 3 is 2.40 bits per heavy atom. The lowest BCUT2D eigenvalue weighted by Crippen LogP contribution is -2.53. The smallest absolute Gasteiger partial charge is 0.328 e. The molecular weight excluding hydrogens is 388 g/mol. The van der Waals surface area contributed by atoms with Gasteiger partial charge in [-0.1, -0.05) is 13.8 Å². The van der Waals surface area contributed by atoms with Crippen molar-refractivity contribution in [2.24, 2.45) is 5.92 Å². The van der Waals surface area contributed by atoms with Gasteiger partial charge in [-0.05, 0) is 23.6 Å². The van der Waals surface area contributed by atoms with E-state index in [0.717, 1.165) is 17.0 Å². The quantitative estimate of drug-likeness (QED) is 0.700. The number of nitrogens with zero attached hydrogens (tertiary/aromatic N) is 2. The third-order valence-corrected chi connectivity index (χ3v) is 5.28. The normalized spacial score (nSPS) is 16.6. The van der Waals surface area contributed by atoms with Gasteiger partial charge in [0.25, 0.3) is 0 Å². The maximum absolute atomic E-state index is 13.3. The number of ether oxygens (including phenoxy) is 3. The van der Waals surface area contributed by atoms with E-state index in [0.29, 0.717) is 24.5 Å². The molecule has 0 fully saturated rings. The second-order valence-corrected chi connectivity index (χ2v) is 7.45. The predicted molar refractivity (Wildman–Crippen MR) is 110 cm³/mol. The number of fused-ring (bicyclic) bond motifs is 1. The average molecular weight is 416 g/mol. The molecule has 2 atom stereocenters. The van der Waals surface area contributed by atoms with Crippen molar-refractivity contribution < 1.29 is 23.8 Å². The van der Waals surface area contributed by atoms with E-state index in [1.54, 1.807) is 31.5 Å². The maximum Gasteiger partial charge on any atom is 0.328 e. The van der Waals surface area contributed by atoms with Crippen LogP contribution in [0, 0.1) is 5.92 Å². The number of H-pyrrole nitrogens is 1. The molecule has 2 amide bonds. The highest BCUT2D eigenvalue weighted by Crippen LogP contribution is 2.37. The van der Waals surface area contributed by atoms with Crippen LogP contribution in [-0.2, 0) is 16.0 Å². The Hall–Kier alpha value is -3.23. The Balaban J connectivity index is 2.00. The van der Waals surface area contributed by atoms with Crippen LogP contribution in [-0.4, -0.2) is 60.8 Å². The van der Waals surface area contributed by atoms with Gasteiger partial charge in [-0.2, -0.15) is 0 Å². The zero-order valence-corrected chi connectivity index (χ0v) is 17.9. The number of imidazole rings is 1. The van der Waals surface area contributed by atoms with Crippen LogP contribution >= 0.6 is 0 Å². The van der Waals surface area contributed by atoms with E-state index in [9.17, 15) is 9.59 Å². The van der Waals surface area contributed by atoms with Crippen LogP contribution in [0.3, 0.4) is 0 Å². The Kier molecular flexibility index (Phi) is 6.49. The molecule has 162 valence electrons. The van der Waals surface area contributed by atoms with Gasteiger partial charge in [0.05, 0.1) is 33.4 Å². The molecule has 0 saturated heterocycles. The summed E-state index contributed by atoms with van der Waals surface area (Å²) in [5.74, 6) is 0.627. The number of hydrogen-bond donors (Lipinski definition) is 2. The summed E-state index contributed by atoms with van der Waals surface area (Å²) >= 11 is 0. The summed E-state index contributed by atoms with van der Waals surface area (Å²) in [6.45, 7) is 4.17. The molecule has 0 aliphatic carbocycles. The number of aromatic amines is 1. The number of nitrogens with one attached hydrogen (secondary N) is 2. The van der Waals surface area contributed by atoms with Crippen molar-refractivity contribution in [3.63, 3.8) is 0 Å². The summed E-state index contributed by atoms with van der Waals surface area (Å²) < 4.78 is 15.7. The van der Waals surface area contributed by atoms with Crippen LogP contribution in [0.4, 0.5) is 4.79 Å². The fourth-order valence-electron chi connectivity index (χ4n) is 3.66. The molecule has 0 spiro atoms. The van der Waals surface area contributed by atoms with Gasteiger partial charge in [-0.25, -0.2) is 14.6 Å². The number of rotatable bonds is 6. The van der Waals surface area contributed by atoms with Crippen molar-refractivity contribution in [2.75, 3.05) is 27.9 Å². The van der Waals surface area contributed by atoms with Crippen LogP contribution in [0.5, 0.6) is 11.5 Å². The molecule has 9 nitrogen and oxygen atoms in total. The second-order valence-electron chi connectivity index (χ2n) is 7.45. The first-order chi connectivity index (χ1) is 14.4. The minimum absolute atomic E-state index is 0.123. The highest BCUT2D eigenvalue weighted by Gasteiger charge is 2.36. The lowest BCUT2D eigenvalue weighted by atomic mass is 9.95. The summed E-state index contributed by atoms with van der Waals surface area (Å²) in [4.78, 5) is 34.7. The van der Waals surface area contributed by atoms with E-state index in [1.165, 1.54) is 7.11 Å². The predicted octanol–water partition coefficient (Wildman–Crippen LogP) is 2.28. The number of hydrogen-bond acceptors (Lipinski definition) is 6. The largest absolute Gasteiger partial charge is 0.497 e. The molecule has 3 rings (SSSR count). The van der Waals surface area contributed by atoms with E-state index in [-0.39, 0.29) is 11.9 Å². The maximum atomic E-state index is 13.3. The van der Waals surface area contributed by atoms with Crippen molar-refractivity contribution in [1.29, 1.82) is 0 Å². The molecular formula is C21H28N4O5. The molecule has 9 heteroatoms. The first-order valence-corrected chi connectivity index (χ1v) is 9.79. The SMILES string of the molecule is COC(=O)[C@H](NC(=O)N1CCc2[nH]cnc2[C@H]1c1cc(OC)cc(OC)c1)C(C)C. The summed E-state index contributed by atoms with van der Waals surface area (Å²) in [5.41, 5.74) is 2.53. The highest BCUT2D eigenvalue weighted by molar-refractivity contribution is 5.84. The Labute approximate surface area is 175 Å². The number of carbonyl (C=O) groups is 2.